The first kappa shape index (κ1) is 16.2. The summed E-state index contributed by atoms with van der Waals surface area (Å²) < 4.78 is 5.06. The highest BCUT2D eigenvalue weighted by Gasteiger charge is 2.09. The molecule has 0 spiro atoms. The standard InChI is InChI=1S/C15H15N3O5/c19-14(8-11-3-5-12(6-4-11)18(21)22)17-10-15(20)16-9-13-2-1-7-23-13/h1-7H,8-10H2,(H,16,20)(H,17,19). The van der Waals surface area contributed by atoms with E-state index in [0.29, 0.717) is 11.3 Å². The molecule has 1 heterocycles. The summed E-state index contributed by atoms with van der Waals surface area (Å²) in [5.41, 5.74) is 0.593. The SMILES string of the molecule is O=C(CNC(=O)Cc1ccc([N+](=O)[O-])cc1)NCc1ccco1. The van der Waals surface area contributed by atoms with Crippen molar-refractivity contribution in [1.82, 2.24) is 10.6 Å². The number of furan rings is 1. The van der Waals surface area contributed by atoms with Gasteiger partial charge in [-0.1, -0.05) is 12.1 Å². The normalized spacial score (nSPS) is 10.1. The van der Waals surface area contributed by atoms with Gasteiger partial charge in [0.25, 0.3) is 5.69 Å². The Hall–Kier alpha value is -3.16. The van der Waals surface area contributed by atoms with Gasteiger partial charge in [-0.15, -0.1) is 0 Å². The molecule has 0 aliphatic carbocycles. The Bertz CT molecular complexity index is 680. The molecule has 2 aromatic rings. The number of hydrogen-bond donors (Lipinski definition) is 2. The van der Waals surface area contributed by atoms with Crippen LogP contribution in [0.5, 0.6) is 0 Å². The van der Waals surface area contributed by atoms with Crippen molar-refractivity contribution in [3.8, 4) is 0 Å². The van der Waals surface area contributed by atoms with E-state index in [1.165, 1.54) is 30.5 Å². The summed E-state index contributed by atoms with van der Waals surface area (Å²) in [4.78, 5) is 33.3. The molecular weight excluding hydrogens is 302 g/mol. The molecule has 1 aromatic carbocycles. The number of nitro benzene ring substituents is 1. The monoisotopic (exact) mass is 317 g/mol. The number of amides is 2. The molecule has 2 N–H and O–H groups in total. The van der Waals surface area contributed by atoms with Crippen molar-refractivity contribution in [2.45, 2.75) is 13.0 Å². The van der Waals surface area contributed by atoms with E-state index in [9.17, 15) is 19.7 Å². The predicted molar refractivity (Wildman–Crippen MR) is 80.4 cm³/mol. The first-order valence-electron chi connectivity index (χ1n) is 6.83. The van der Waals surface area contributed by atoms with Crippen LogP contribution < -0.4 is 10.6 Å². The molecule has 0 atom stereocenters. The number of non-ortho nitro benzene ring substituents is 1. The Labute approximate surface area is 131 Å². The van der Waals surface area contributed by atoms with Crippen LogP contribution >= 0.6 is 0 Å². The summed E-state index contributed by atoms with van der Waals surface area (Å²) in [5.74, 6) is -0.0546. The lowest BCUT2D eigenvalue weighted by atomic mass is 10.1. The number of nitrogens with one attached hydrogen (secondary N) is 2. The van der Waals surface area contributed by atoms with Crippen LogP contribution in [0.4, 0.5) is 5.69 Å². The second-order valence-electron chi connectivity index (χ2n) is 4.73. The quantitative estimate of drug-likeness (QED) is 0.587. The van der Waals surface area contributed by atoms with Crippen molar-refractivity contribution in [2.75, 3.05) is 6.54 Å². The van der Waals surface area contributed by atoms with Crippen LogP contribution in [0.1, 0.15) is 11.3 Å². The average Bonchev–Trinajstić information content (AvgIpc) is 3.05. The van der Waals surface area contributed by atoms with E-state index in [1.54, 1.807) is 12.1 Å². The Morgan fingerprint density at radius 1 is 1.09 bits per heavy atom. The summed E-state index contributed by atoms with van der Waals surface area (Å²) in [6.07, 6.45) is 1.55. The molecule has 0 saturated carbocycles. The minimum atomic E-state index is -0.507. The van der Waals surface area contributed by atoms with Crippen LogP contribution in [0.2, 0.25) is 0 Å². The van der Waals surface area contributed by atoms with E-state index in [-0.39, 0.29) is 37.0 Å². The van der Waals surface area contributed by atoms with Gasteiger partial charge in [-0.2, -0.15) is 0 Å². The molecule has 8 heteroatoms. The maximum absolute atomic E-state index is 11.7. The molecular formula is C15H15N3O5. The van der Waals surface area contributed by atoms with E-state index in [4.69, 9.17) is 4.42 Å². The van der Waals surface area contributed by atoms with E-state index in [0.717, 1.165) is 0 Å². The third-order valence-corrected chi connectivity index (χ3v) is 3.00. The highest BCUT2D eigenvalue weighted by molar-refractivity contribution is 5.85. The fourth-order valence-corrected chi connectivity index (χ4v) is 1.82. The van der Waals surface area contributed by atoms with Crippen LogP contribution in [-0.4, -0.2) is 23.3 Å². The molecule has 2 amide bonds. The smallest absolute Gasteiger partial charge is 0.269 e. The molecule has 0 saturated heterocycles. The molecule has 0 radical (unpaired) electrons. The minimum Gasteiger partial charge on any atom is -0.467 e. The van der Waals surface area contributed by atoms with E-state index in [2.05, 4.69) is 10.6 Å². The number of benzene rings is 1. The van der Waals surface area contributed by atoms with Crippen LogP contribution in [0.25, 0.3) is 0 Å². The maximum atomic E-state index is 11.7. The van der Waals surface area contributed by atoms with E-state index < -0.39 is 4.92 Å². The van der Waals surface area contributed by atoms with Crippen LogP contribution in [-0.2, 0) is 22.6 Å². The van der Waals surface area contributed by atoms with Gasteiger partial charge in [0.05, 0.1) is 30.7 Å². The van der Waals surface area contributed by atoms with Gasteiger partial charge in [0.15, 0.2) is 0 Å². The molecule has 120 valence electrons. The second kappa shape index (κ2) is 7.74. The van der Waals surface area contributed by atoms with Crippen molar-refractivity contribution < 1.29 is 18.9 Å². The Morgan fingerprint density at radius 3 is 2.43 bits per heavy atom. The zero-order valence-electron chi connectivity index (χ0n) is 12.2. The molecule has 0 aliphatic rings. The fraction of sp³-hybridized carbons (Fsp3) is 0.200. The van der Waals surface area contributed by atoms with Crippen molar-refractivity contribution >= 4 is 17.5 Å². The van der Waals surface area contributed by atoms with Gasteiger partial charge < -0.3 is 15.1 Å². The Balaban J connectivity index is 1.71. The number of nitro groups is 1. The number of hydrogen-bond acceptors (Lipinski definition) is 5. The summed E-state index contributed by atoms with van der Waals surface area (Å²) in [5, 5.41) is 15.6. The molecule has 0 fully saturated rings. The Kier molecular flexibility index (Phi) is 5.45. The summed E-state index contributed by atoms with van der Waals surface area (Å²) in [6, 6.07) is 9.13. The van der Waals surface area contributed by atoms with Gasteiger partial charge in [-0.3, -0.25) is 19.7 Å². The van der Waals surface area contributed by atoms with Crippen LogP contribution in [0.15, 0.2) is 47.1 Å². The van der Waals surface area contributed by atoms with Gasteiger partial charge >= 0.3 is 0 Å². The first-order chi connectivity index (χ1) is 11.0. The largest absolute Gasteiger partial charge is 0.467 e. The lowest BCUT2D eigenvalue weighted by molar-refractivity contribution is -0.384. The lowest BCUT2D eigenvalue weighted by Crippen LogP contribution is -2.37. The zero-order chi connectivity index (χ0) is 16.7. The van der Waals surface area contributed by atoms with Crippen molar-refractivity contribution in [3.63, 3.8) is 0 Å². The minimum absolute atomic E-state index is 0.0357. The highest BCUT2D eigenvalue weighted by Crippen LogP contribution is 2.12. The summed E-state index contributed by atoms with van der Waals surface area (Å²) in [6.45, 7) is 0.108. The van der Waals surface area contributed by atoms with E-state index >= 15 is 0 Å². The summed E-state index contributed by atoms with van der Waals surface area (Å²) >= 11 is 0. The molecule has 2 rings (SSSR count). The molecule has 0 aliphatic heterocycles. The summed E-state index contributed by atoms with van der Waals surface area (Å²) in [7, 11) is 0. The predicted octanol–water partition coefficient (Wildman–Crippen LogP) is 1.16. The molecule has 0 bridgehead atoms. The third-order valence-electron chi connectivity index (χ3n) is 3.00. The van der Waals surface area contributed by atoms with Crippen LogP contribution in [0.3, 0.4) is 0 Å². The second-order valence-corrected chi connectivity index (χ2v) is 4.73. The maximum Gasteiger partial charge on any atom is 0.269 e. The topological polar surface area (TPSA) is 114 Å². The number of carbonyl (C=O) groups excluding carboxylic acids is 2. The van der Waals surface area contributed by atoms with Gasteiger partial charge in [0.2, 0.25) is 11.8 Å². The molecule has 0 unspecified atom stereocenters. The zero-order valence-corrected chi connectivity index (χ0v) is 12.2. The van der Waals surface area contributed by atoms with Crippen molar-refractivity contribution in [2.24, 2.45) is 0 Å². The highest BCUT2D eigenvalue weighted by atomic mass is 16.6. The molecule has 23 heavy (non-hydrogen) atoms. The first-order valence-corrected chi connectivity index (χ1v) is 6.83. The number of nitrogens with zero attached hydrogens (tertiary/aromatic N) is 1. The van der Waals surface area contributed by atoms with Gasteiger partial charge in [-0.05, 0) is 17.7 Å². The molecule has 1 aromatic heterocycles. The fourth-order valence-electron chi connectivity index (χ4n) is 1.82. The third kappa shape index (κ3) is 5.27. The lowest BCUT2D eigenvalue weighted by Gasteiger charge is -2.06. The van der Waals surface area contributed by atoms with Crippen molar-refractivity contribution in [3.05, 3.63) is 64.1 Å². The van der Waals surface area contributed by atoms with Crippen LogP contribution in [0, 0.1) is 10.1 Å². The van der Waals surface area contributed by atoms with E-state index in [1.807, 2.05) is 0 Å². The van der Waals surface area contributed by atoms with Gasteiger partial charge in [0, 0.05) is 12.1 Å². The van der Waals surface area contributed by atoms with Gasteiger partial charge in [-0.25, -0.2) is 0 Å². The average molecular weight is 317 g/mol. The molecule has 8 nitrogen and oxygen atoms in total. The van der Waals surface area contributed by atoms with Crippen molar-refractivity contribution in [1.29, 1.82) is 0 Å². The number of rotatable bonds is 7. The Morgan fingerprint density at radius 2 is 1.83 bits per heavy atom. The van der Waals surface area contributed by atoms with Gasteiger partial charge in [0.1, 0.15) is 5.76 Å². The number of carbonyl (C=O) groups is 2.